The van der Waals surface area contributed by atoms with Crippen molar-refractivity contribution in [3.63, 3.8) is 0 Å². The van der Waals surface area contributed by atoms with Gasteiger partial charge in [-0.25, -0.2) is 22.0 Å². The molecule has 0 fully saturated rings. The van der Waals surface area contributed by atoms with Gasteiger partial charge in [0.25, 0.3) is 11.8 Å². The number of rotatable bonds is 3. The summed E-state index contributed by atoms with van der Waals surface area (Å²) < 4.78 is 67.4. The third-order valence-corrected chi connectivity index (χ3v) is 5.59. The second-order valence-corrected chi connectivity index (χ2v) is 7.42. The minimum Gasteiger partial charge on any atom is -0.365 e. The molecule has 3 rings (SSSR count). The van der Waals surface area contributed by atoms with E-state index in [4.69, 9.17) is 5.73 Å². The monoisotopic (exact) mass is 404 g/mol. The normalized spacial score (nSPS) is 16.1. The van der Waals surface area contributed by atoms with Gasteiger partial charge in [-0.05, 0) is 30.7 Å². The van der Waals surface area contributed by atoms with Crippen molar-refractivity contribution in [3.05, 3.63) is 50.7 Å². The first-order valence-electron chi connectivity index (χ1n) is 7.90. The maximum atomic E-state index is 13.8. The van der Waals surface area contributed by atoms with E-state index in [1.807, 2.05) is 6.92 Å². The molecule has 0 radical (unpaired) electrons. The van der Waals surface area contributed by atoms with E-state index >= 15 is 0 Å². The molecule has 10 heteroatoms. The zero-order valence-electron chi connectivity index (χ0n) is 13.9. The Morgan fingerprint density at radius 2 is 1.56 bits per heavy atom. The van der Waals surface area contributed by atoms with Crippen LogP contribution in [-0.2, 0) is 12.8 Å². The topological polar surface area (TPSA) is 72.2 Å². The van der Waals surface area contributed by atoms with Crippen LogP contribution >= 0.6 is 11.3 Å². The fraction of sp³-hybridized carbons (Fsp3) is 0.294. The fourth-order valence-corrected chi connectivity index (χ4v) is 4.48. The summed E-state index contributed by atoms with van der Waals surface area (Å²) in [5, 5.41) is 2.01. The van der Waals surface area contributed by atoms with E-state index in [1.165, 1.54) is 0 Å². The van der Waals surface area contributed by atoms with Crippen LogP contribution in [0.1, 0.15) is 44.5 Å². The largest absolute Gasteiger partial charge is 0.365 e. The molecular formula is C17H13F5N2O2S. The van der Waals surface area contributed by atoms with Crippen LogP contribution < -0.4 is 11.1 Å². The Hall–Kier alpha value is -2.49. The van der Waals surface area contributed by atoms with Crippen molar-refractivity contribution < 1.29 is 31.5 Å². The molecule has 1 heterocycles. The Bertz CT molecular complexity index is 944. The Morgan fingerprint density at radius 1 is 1.00 bits per heavy atom. The Morgan fingerprint density at radius 3 is 2.11 bits per heavy atom. The molecule has 4 nitrogen and oxygen atoms in total. The second kappa shape index (κ2) is 6.91. The average molecular weight is 404 g/mol. The Balaban J connectivity index is 2.05. The molecule has 2 aromatic rings. The number of benzene rings is 1. The summed E-state index contributed by atoms with van der Waals surface area (Å²) in [6.07, 6.45) is 1.94. The first kappa shape index (κ1) is 19.3. The van der Waals surface area contributed by atoms with E-state index in [0.717, 1.165) is 22.6 Å². The van der Waals surface area contributed by atoms with Crippen molar-refractivity contribution in [2.24, 2.45) is 11.7 Å². The standard InChI is InChI=1S/C17H13F5N2O2S/c1-5-2-3-6-7(4-5)27-17(8(6)15(23)25)24-16(26)9-10(18)12(20)14(22)13(21)11(9)19/h5H,2-4H2,1H3,(H2,23,25)(H,24,26)/t5-/m1/s1. The fourth-order valence-electron chi connectivity index (χ4n) is 3.07. The summed E-state index contributed by atoms with van der Waals surface area (Å²) in [4.78, 5) is 24.8. The number of nitrogens with two attached hydrogens (primary N) is 1. The number of thiophene rings is 1. The molecule has 1 atom stereocenters. The van der Waals surface area contributed by atoms with Crippen molar-refractivity contribution in [1.29, 1.82) is 0 Å². The molecular weight excluding hydrogens is 391 g/mol. The molecule has 2 amide bonds. The van der Waals surface area contributed by atoms with Crippen molar-refractivity contribution in [1.82, 2.24) is 0 Å². The number of primary amides is 1. The van der Waals surface area contributed by atoms with Crippen molar-refractivity contribution >= 4 is 28.2 Å². The predicted octanol–water partition coefficient (Wildman–Crippen LogP) is 3.92. The molecule has 0 aliphatic heterocycles. The lowest BCUT2D eigenvalue weighted by molar-refractivity contribution is 0.1000. The molecule has 0 saturated carbocycles. The van der Waals surface area contributed by atoms with Crippen LogP contribution in [0.2, 0.25) is 0 Å². The molecule has 144 valence electrons. The van der Waals surface area contributed by atoms with Crippen molar-refractivity contribution in [2.75, 3.05) is 5.32 Å². The number of amides is 2. The van der Waals surface area contributed by atoms with Gasteiger partial charge < -0.3 is 11.1 Å². The number of hydrogen-bond donors (Lipinski definition) is 2. The first-order valence-corrected chi connectivity index (χ1v) is 8.72. The second-order valence-electron chi connectivity index (χ2n) is 6.32. The summed E-state index contributed by atoms with van der Waals surface area (Å²) in [5.41, 5.74) is 4.37. The molecule has 0 unspecified atom stereocenters. The lowest BCUT2D eigenvalue weighted by Crippen LogP contribution is -2.22. The first-order chi connectivity index (χ1) is 12.6. The minimum absolute atomic E-state index is 0.000813. The third kappa shape index (κ3) is 3.18. The van der Waals surface area contributed by atoms with Gasteiger partial charge in [0.2, 0.25) is 5.82 Å². The summed E-state index contributed by atoms with van der Waals surface area (Å²) in [7, 11) is 0. The zero-order valence-corrected chi connectivity index (χ0v) is 14.7. The van der Waals surface area contributed by atoms with Crippen LogP contribution in [-0.4, -0.2) is 11.8 Å². The van der Waals surface area contributed by atoms with Crippen LogP contribution in [0, 0.1) is 35.0 Å². The van der Waals surface area contributed by atoms with Crippen molar-refractivity contribution in [2.45, 2.75) is 26.2 Å². The quantitative estimate of drug-likeness (QED) is 0.462. The maximum absolute atomic E-state index is 13.8. The molecule has 1 aromatic carbocycles. The summed E-state index contributed by atoms with van der Waals surface area (Å²) in [6, 6.07) is 0. The number of nitrogens with one attached hydrogen (secondary N) is 1. The van der Waals surface area contributed by atoms with Crippen LogP contribution in [0.4, 0.5) is 27.0 Å². The lowest BCUT2D eigenvalue weighted by atomic mass is 9.88. The summed E-state index contributed by atoms with van der Waals surface area (Å²) in [5.74, 6) is -13.4. The maximum Gasteiger partial charge on any atom is 0.262 e. The highest BCUT2D eigenvalue weighted by atomic mass is 32.1. The van der Waals surface area contributed by atoms with Gasteiger partial charge in [0.05, 0.1) is 5.56 Å². The average Bonchev–Trinajstić information content (AvgIpc) is 2.95. The van der Waals surface area contributed by atoms with Crippen LogP contribution in [0.15, 0.2) is 0 Å². The number of halogens is 5. The summed E-state index contributed by atoms with van der Waals surface area (Å²) in [6.45, 7) is 2.00. The number of carbonyl (C=O) groups excluding carboxylic acids is 2. The SMILES string of the molecule is C[C@@H]1CCc2c(sc(NC(=O)c3c(F)c(F)c(F)c(F)c3F)c2C(N)=O)C1. The highest BCUT2D eigenvalue weighted by Crippen LogP contribution is 2.39. The Labute approximate surface area is 154 Å². The van der Waals surface area contributed by atoms with Crippen LogP contribution in [0.5, 0.6) is 0 Å². The highest BCUT2D eigenvalue weighted by molar-refractivity contribution is 7.17. The molecule has 27 heavy (non-hydrogen) atoms. The van der Waals surface area contributed by atoms with Crippen LogP contribution in [0.25, 0.3) is 0 Å². The molecule has 0 saturated heterocycles. The molecule has 0 bridgehead atoms. The third-order valence-electron chi connectivity index (χ3n) is 4.42. The van der Waals surface area contributed by atoms with Gasteiger partial charge in [-0.1, -0.05) is 6.92 Å². The van der Waals surface area contributed by atoms with Gasteiger partial charge in [-0.3, -0.25) is 9.59 Å². The van der Waals surface area contributed by atoms with E-state index in [-0.39, 0.29) is 10.6 Å². The molecule has 1 aromatic heterocycles. The number of hydrogen-bond acceptors (Lipinski definition) is 3. The van der Waals surface area contributed by atoms with Gasteiger partial charge in [-0.2, -0.15) is 0 Å². The number of fused-ring (bicyclic) bond motifs is 1. The Kier molecular flexibility index (Phi) is 4.94. The smallest absolute Gasteiger partial charge is 0.262 e. The van der Waals surface area contributed by atoms with E-state index in [1.54, 1.807) is 0 Å². The molecule has 3 N–H and O–H groups in total. The zero-order chi connectivity index (χ0) is 20.0. The highest BCUT2D eigenvalue weighted by Gasteiger charge is 2.32. The van der Waals surface area contributed by atoms with E-state index in [9.17, 15) is 31.5 Å². The van der Waals surface area contributed by atoms with Gasteiger partial charge >= 0.3 is 0 Å². The van der Waals surface area contributed by atoms with Crippen LogP contribution in [0.3, 0.4) is 0 Å². The molecule has 1 aliphatic carbocycles. The van der Waals surface area contributed by atoms with E-state index in [2.05, 4.69) is 5.32 Å². The van der Waals surface area contributed by atoms with E-state index in [0.29, 0.717) is 24.3 Å². The van der Waals surface area contributed by atoms with Gasteiger partial charge in [0, 0.05) is 4.88 Å². The van der Waals surface area contributed by atoms with Crippen molar-refractivity contribution in [3.8, 4) is 0 Å². The minimum atomic E-state index is -2.36. The van der Waals surface area contributed by atoms with Gasteiger partial charge in [-0.15, -0.1) is 11.3 Å². The summed E-state index contributed by atoms with van der Waals surface area (Å²) >= 11 is 1.00. The number of anilines is 1. The molecule has 0 spiro atoms. The van der Waals surface area contributed by atoms with E-state index < -0.39 is 46.5 Å². The molecule has 1 aliphatic rings. The lowest BCUT2D eigenvalue weighted by Gasteiger charge is -2.18. The predicted molar refractivity (Wildman–Crippen MR) is 88.2 cm³/mol. The van der Waals surface area contributed by atoms with Gasteiger partial charge in [0.1, 0.15) is 10.6 Å². The number of carbonyl (C=O) groups is 2. The van der Waals surface area contributed by atoms with Gasteiger partial charge in [0.15, 0.2) is 23.3 Å².